The highest BCUT2D eigenvalue weighted by Crippen LogP contribution is 2.17. The molecule has 0 spiro atoms. The molecule has 0 bridgehead atoms. The van der Waals surface area contributed by atoms with E-state index in [1.807, 2.05) is 12.1 Å². The maximum absolute atomic E-state index is 11.9. The number of hydrogen-bond donors (Lipinski definition) is 3. The fourth-order valence-corrected chi connectivity index (χ4v) is 2.62. The summed E-state index contributed by atoms with van der Waals surface area (Å²) in [7, 11) is 1.58. The van der Waals surface area contributed by atoms with Crippen LogP contribution in [-0.2, 0) is 0 Å². The van der Waals surface area contributed by atoms with Gasteiger partial charge in [0.25, 0.3) is 5.69 Å². The van der Waals surface area contributed by atoms with E-state index >= 15 is 0 Å². The zero-order valence-electron chi connectivity index (χ0n) is 15.9. The molecule has 0 aliphatic heterocycles. The molecule has 0 unspecified atom stereocenters. The predicted octanol–water partition coefficient (Wildman–Crippen LogP) is 4.40. The summed E-state index contributed by atoms with van der Waals surface area (Å²) < 4.78 is 5.12. The van der Waals surface area contributed by atoms with Gasteiger partial charge in [0.05, 0.1) is 12.0 Å². The summed E-state index contributed by atoms with van der Waals surface area (Å²) in [5.41, 5.74) is 1.66. The topological polar surface area (TPSA) is 106 Å². The van der Waals surface area contributed by atoms with E-state index in [-0.39, 0.29) is 11.7 Å². The van der Waals surface area contributed by atoms with Crippen LogP contribution >= 0.6 is 0 Å². The summed E-state index contributed by atoms with van der Waals surface area (Å²) >= 11 is 0. The Labute approximate surface area is 164 Å². The van der Waals surface area contributed by atoms with Crippen LogP contribution in [-0.4, -0.2) is 31.2 Å². The SMILES string of the molecule is COc1cccc(NC(=O)NCCCCCCNc2ccc([N+](=O)[O-])cc2)c1. The van der Waals surface area contributed by atoms with Gasteiger partial charge in [-0.05, 0) is 37.1 Å². The number of nitrogens with zero attached hydrogens (tertiary/aromatic N) is 1. The van der Waals surface area contributed by atoms with E-state index in [0.29, 0.717) is 18.0 Å². The molecule has 0 aliphatic carbocycles. The van der Waals surface area contributed by atoms with Crippen molar-refractivity contribution in [3.05, 3.63) is 58.6 Å². The Morgan fingerprint density at radius 2 is 1.71 bits per heavy atom. The first-order valence-electron chi connectivity index (χ1n) is 9.26. The van der Waals surface area contributed by atoms with Crippen LogP contribution in [0.15, 0.2) is 48.5 Å². The molecule has 2 amide bonds. The van der Waals surface area contributed by atoms with Gasteiger partial charge in [-0.2, -0.15) is 0 Å². The Morgan fingerprint density at radius 1 is 1.00 bits per heavy atom. The van der Waals surface area contributed by atoms with Gasteiger partial charge in [-0.25, -0.2) is 4.79 Å². The zero-order valence-corrected chi connectivity index (χ0v) is 15.9. The largest absolute Gasteiger partial charge is 0.497 e. The summed E-state index contributed by atoms with van der Waals surface area (Å²) in [6.07, 6.45) is 3.95. The summed E-state index contributed by atoms with van der Waals surface area (Å²) in [5, 5.41) is 19.5. The number of methoxy groups -OCH3 is 1. The van der Waals surface area contributed by atoms with Gasteiger partial charge in [-0.1, -0.05) is 18.9 Å². The van der Waals surface area contributed by atoms with E-state index in [1.165, 1.54) is 12.1 Å². The fourth-order valence-electron chi connectivity index (χ4n) is 2.62. The van der Waals surface area contributed by atoms with Crippen LogP contribution in [0.5, 0.6) is 5.75 Å². The first kappa shape index (κ1) is 21.0. The summed E-state index contributed by atoms with van der Waals surface area (Å²) in [4.78, 5) is 22.1. The first-order chi connectivity index (χ1) is 13.6. The molecule has 0 saturated heterocycles. The molecule has 2 rings (SSSR count). The van der Waals surface area contributed by atoms with Crippen molar-refractivity contribution in [3.63, 3.8) is 0 Å². The number of amides is 2. The Morgan fingerprint density at radius 3 is 2.39 bits per heavy atom. The van der Waals surface area contributed by atoms with Crippen molar-refractivity contribution in [2.75, 3.05) is 30.8 Å². The number of nitro benzene ring substituents is 1. The third-order valence-corrected chi connectivity index (χ3v) is 4.12. The third kappa shape index (κ3) is 7.53. The monoisotopic (exact) mass is 386 g/mol. The smallest absolute Gasteiger partial charge is 0.319 e. The molecule has 0 fully saturated rings. The number of anilines is 2. The van der Waals surface area contributed by atoms with Gasteiger partial charge >= 0.3 is 6.03 Å². The predicted molar refractivity (Wildman–Crippen MR) is 110 cm³/mol. The molecule has 28 heavy (non-hydrogen) atoms. The normalized spacial score (nSPS) is 10.2. The number of nitrogens with one attached hydrogen (secondary N) is 3. The van der Waals surface area contributed by atoms with Crippen molar-refractivity contribution in [1.29, 1.82) is 0 Å². The highest BCUT2D eigenvalue weighted by molar-refractivity contribution is 5.89. The van der Waals surface area contributed by atoms with Crippen molar-refractivity contribution >= 4 is 23.1 Å². The number of nitro groups is 1. The van der Waals surface area contributed by atoms with Gasteiger partial charge in [0.15, 0.2) is 0 Å². The summed E-state index contributed by atoms with van der Waals surface area (Å²) in [5.74, 6) is 0.695. The molecule has 150 valence electrons. The van der Waals surface area contributed by atoms with E-state index in [1.54, 1.807) is 31.4 Å². The molecular weight excluding hydrogens is 360 g/mol. The average Bonchev–Trinajstić information content (AvgIpc) is 2.70. The van der Waals surface area contributed by atoms with Gasteiger partial charge in [0, 0.05) is 42.7 Å². The maximum Gasteiger partial charge on any atom is 0.319 e. The number of carbonyl (C=O) groups excluding carboxylic acids is 1. The highest BCUT2D eigenvalue weighted by Gasteiger charge is 2.04. The number of hydrogen-bond acceptors (Lipinski definition) is 5. The lowest BCUT2D eigenvalue weighted by atomic mass is 10.2. The molecule has 0 aromatic heterocycles. The number of benzene rings is 2. The van der Waals surface area contributed by atoms with Crippen molar-refractivity contribution in [2.24, 2.45) is 0 Å². The molecule has 2 aromatic carbocycles. The molecular formula is C20H26N4O4. The van der Waals surface area contributed by atoms with Crippen molar-refractivity contribution in [2.45, 2.75) is 25.7 Å². The molecule has 0 aliphatic rings. The van der Waals surface area contributed by atoms with Gasteiger partial charge < -0.3 is 20.7 Å². The van der Waals surface area contributed by atoms with Crippen molar-refractivity contribution in [1.82, 2.24) is 5.32 Å². The number of unbranched alkanes of at least 4 members (excludes halogenated alkanes) is 3. The third-order valence-electron chi connectivity index (χ3n) is 4.12. The second-order valence-electron chi connectivity index (χ2n) is 6.26. The first-order valence-corrected chi connectivity index (χ1v) is 9.26. The number of rotatable bonds is 11. The second kappa shape index (κ2) is 11.4. The molecule has 0 saturated carbocycles. The van der Waals surface area contributed by atoms with Gasteiger partial charge in [0.1, 0.15) is 5.75 Å². The van der Waals surface area contributed by atoms with E-state index in [4.69, 9.17) is 4.74 Å². The fraction of sp³-hybridized carbons (Fsp3) is 0.350. The lowest BCUT2D eigenvalue weighted by molar-refractivity contribution is -0.384. The molecule has 8 heteroatoms. The van der Waals surface area contributed by atoms with Crippen LogP contribution in [0.1, 0.15) is 25.7 Å². The number of carbonyl (C=O) groups is 1. The number of non-ortho nitro benzene ring substituents is 1. The minimum absolute atomic E-state index is 0.0912. The lowest BCUT2D eigenvalue weighted by Gasteiger charge is -2.09. The summed E-state index contributed by atoms with van der Waals surface area (Å²) in [6, 6.07) is 13.4. The number of urea groups is 1. The van der Waals surface area contributed by atoms with Crippen LogP contribution in [0.4, 0.5) is 21.9 Å². The van der Waals surface area contributed by atoms with Crippen molar-refractivity contribution < 1.29 is 14.5 Å². The highest BCUT2D eigenvalue weighted by atomic mass is 16.6. The van der Waals surface area contributed by atoms with E-state index in [0.717, 1.165) is 37.9 Å². The van der Waals surface area contributed by atoms with Gasteiger partial charge in [-0.15, -0.1) is 0 Å². The molecule has 8 nitrogen and oxygen atoms in total. The van der Waals surface area contributed by atoms with Crippen molar-refractivity contribution in [3.8, 4) is 5.75 Å². The van der Waals surface area contributed by atoms with Crippen LogP contribution in [0.3, 0.4) is 0 Å². The number of ether oxygens (including phenoxy) is 1. The molecule has 2 aromatic rings. The Bertz CT molecular complexity index is 765. The van der Waals surface area contributed by atoms with Crippen LogP contribution in [0.2, 0.25) is 0 Å². The standard InChI is InChI=1S/C20H26N4O4/c1-28-19-8-6-7-17(15-19)23-20(25)22-14-5-3-2-4-13-21-16-9-11-18(12-10-16)24(26)27/h6-12,15,21H,2-5,13-14H2,1H3,(H2,22,23,25). The van der Waals surface area contributed by atoms with E-state index in [9.17, 15) is 14.9 Å². The van der Waals surface area contributed by atoms with Gasteiger partial charge in [-0.3, -0.25) is 10.1 Å². The Balaban J connectivity index is 1.51. The van der Waals surface area contributed by atoms with Crippen LogP contribution in [0.25, 0.3) is 0 Å². The molecule has 0 heterocycles. The zero-order chi connectivity index (χ0) is 20.2. The average molecular weight is 386 g/mol. The molecule has 0 radical (unpaired) electrons. The maximum atomic E-state index is 11.9. The van der Waals surface area contributed by atoms with Crippen LogP contribution in [0, 0.1) is 10.1 Å². The lowest BCUT2D eigenvalue weighted by Crippen LogP contribution is -2.29. The molecule has 0 atom stereocenters. The van der Waals surface area contributed by atoms with E-state index < -0.39 is 4.92 Å². The minimum Gasteiger partial charge on any atom is -0.497 e. The minimum atomic E-state index is -0.408. The van der Waals surface area contributed by atoms with Gasteiger partial charge in [0.2, 0.25) is 0 Å². The Hall–Kier alpha value is -3.29. The summed E-state index contributed by atoms with van der Waals surface area (Å²) in [6.45, 7) is 1.42. The van der Waals surface area contributed by atoms with Crippen LogP contribution < -0.4 is 20.7 Å². The second-order valence-corrected chi connectivity index (χ2v) is 6.26. The Kier molecular flexibility index (Phi) is 8.58. The quantitative estimate of drug-likeness (QED) is 0.302. The van der Waals surface area contributed by atoms with E-state index in [2.05, 4.69) is 16.0 Å². The molecule has 3 N–H and O–H groups in total.